The Bertz CT molecular complexity index is 438. The first-order valence-corrected chi connectivity index (χ1v) is 8.77. The van der Waals surface area contributed by atoms with Gasteiger partial charge in [-0.15, -0.1) is 22.7 Å². The zero-order valence-electron chi connectivity index (χ0n) is 9.37. The predicted octanol–water partition coefficient (Wildman–Crippen LogP) is 5.42. The zero-order chi connectivity index (χ0) is 12.3. The van der Waals surface area contributed by atoms with E-state index in [0.29, 0.717) is 6.04 Å². The molecule has 17 heavy (non-hydrogen) atoms. The largest absolute Gasteiger partial charge is 0.305 e. The number of thiophene rings is 2. The van der Waals surface area contributed by atoms with E-state index in [1.54, 1.807) is 22.7 Å². The first kappa shape index (κ1) is 13.7. The van der Waals surface area contributed by atoms with E-state index < -0.39 is 0 Å². The molecule has 2 aromatic heterocycles. The van der Waals surface area contributed by atoms with Crippen LogP contribution in [0.4, 0.5) is 0 Å². The molecule has 0 aromatic carbocycles. The molecule has 0 saturated heterocycles. The Morgan fingerprint density at radius 2 is 1.65 bits per heavy atom. The van der Waals surface area contributed by atoms with Gasteiger partial charge in [-0.2, -0.15) is 0 Å². The summed E-state index contributed by atoms with van der Waals surface area (Å²) in [4.78, 5) is 2.70. The van der Waals surface area contributed by atoms with E-state index in [1.807, 2.05) is 0 Å². The zero-order valence-corrected chi connectivity index (χ0v) is 14.2. The number of hydrogen-bond acceptors (Lipinski definition) is 3. The molecular weight excluding hydrogens is 382 g/mol. The highest BCUT2D eigenvalue weighted by atomic mass is 79.9. The fourth-order valence-corrected chi connectivity index (χ4v) is 5.06. The molecule has 2 rings (SSSR count). The van der Waals surface area contributed by atoms with Gasteiger partial charge in [0.1, 0.15) is 0 Å². The summed E-state index contributed by atoms with van der Waals surface area (Å²) in [5.41, 5.74) is 0. The van der Waals surface area contributed by atoms with Gasteiger partial charge in [-0.3, -0.25) is 0 Å². The molecule has 0 bridgehead atoms. The summed E-state index contributed by atoms with van der Waals surface area (Å²) >= 11 is 10.8. The van der Waals surface area contributed by atoms with Crippen LogP contribution in [0.25, 0.3) is 0 Å². The predicted molar refractivity (Wildman–Crippen MR) is 84.2 cm³/mol. The normalized spacial score (nSPS) is 11.3. The Labute approximate surface area is 127 Å². The smallest absolute Gasteiger partial charge is 0.0787 e. The van der Waals surface area contributed by atoms with Crippen LogP contribution >= 0.6 is 54.5 Å². The van der Waals surface area contributed by atoms with Gasteiger partial charge in [-0.05, 0) is 67.7 Å². The van der Waals surface area contributed by atoms with Crippen molar-refractivity contribution in [2.45, 2.75) is 19.4 Å². The van der Waals surface area contributed by atoms with Crippen molar-refractivity contribution in [2.75, 3.05) is 6.54 Å². The van der Waals surface area contributed by atoms with E-state index in [1.165, 1.54) is 18.7 Å². The van der Waals surface area contributed by atoms with Gasteiger partial charge in [0.15, 0.2) is 0 Å². The lowest BCUT2D eigenvalue weighted by Gasteiger charge is -2.17. The Morgan fingerprint density at radius 3 is 2.00 bits per heavy atom. The summed E-state index contributed by atoms with van der Waals surface area (Å²) in [6.45, 7) is 3.22. The quantitative estimate of drug-likeness (QED) is 0.713. The summed E-state index contributed by atoms with van der Waals surface area (Å²) in [7, 11) is 0. The number of halogens is 2. The average molecular weight is 395 g/mol. The van der Waals surface area contributed by atoms with Gasteiger partial charge in [-0.1, -0.05) is 6.92 Å². The van der Waals surface area contributed by atoms with Gasteiger partial charge in [0.25, 0.3) is 0 Å². The fourth-order valence-electron chi connectivity index (χ4n) is 1.62. The summed E-state index contributed by atoms with van der Waals surface area (Å²) < 4.78 is 2.38. The van der Waals surface area contributed by atoms with Crippen molar-refractivity contribution in [1.82, 2.24) is 5.32 Å². The monoisotopic (exact) mass is 393 g/mol. The van der Waals surface area contributed by atoms with Gasteiger partial charge in [0, 0.05) is 18.7 Å². The molecule has 1 nitrogen and oxygen atoms in total. The number of hydrogen-bond donors (Lipinski definition) is 1. The van der Waals surface area contributed by atoms with Gasteiger partial charge in [0.2, 0.25) is 0 Å². The molecular formula is C12H13Br2NS2. The van der Waals surface area contributed by atoms with Gasteiger partial charge in [0.05, 0.1) is 6.04 Å². The van der Waals surface area contributed by atoms with E-state index in [4.69, 9.17) is 0 Å². The molecule has 0 radical (unpaired) electrons. The lowest BCUT2D eigenvalue weighted by molar-refractivity contribution is 0.610. The average Bonchev–Trinajstić information content (AvgIpc) is 2.90. The Morgan fingerprint density at radius 1 is 1.12 bits per heavy atom. The van der Waals surface area contributed by atoms with Crippen LogP contribution in [0.2, 0.25) is 0 Å². The highest BCUT2D eigenvalue weighted by Gasteiger charge is 2.20. The third-order valence-corrected chi connectivity index (χ3v) is 6.28. The van der Waals surface area contributed by atoms with Crippen molar-refractivity contribution in [3.8, 4) is 0 Å². The second kappa shape index (κ2) is 6.48. The Hall–Kier alpha value is 0.320. The maximum atomic E-state index is 3.63. The molecule has 92 valence electrons. The molecule has 2 heterocycles. The van der Waals surface area contributed by atoms with Crippen LogP contribution in [0.3, 0.4) is 0 Å². The van der Waals surface area contributed by atoms with Gasteiger partial charge >= 0.3 is 0 Å². The highest BCUT2D eigenvalue weighted by Crippen LogP contribution is 2.38. The van der Waals surface area contributed by atoms with Crippen LogP contribution in [0, 0.1) is 0 Å². The van der Waals surface area contributed by atoms with Crippen LogP contribution in [-0.2, 0) is 0 Å². The van der Waals surface area contributed by atoms with Crippen molar-refractivity contribution in [1.29, 1.82) is 0 Å². The molecule has 2 aromatic rings. The summed E-state index contributed by atoms with van der Waals surface area (Å²) in [6.07, 6.45) is 1.14. The van der Waals surface area contributed by atoms with E-state index in [0.717, 1.165) is 13.0 Å². The minimum Gasteiger partial charge on any atom is -0.305 e. The standard InChI is InChI=1S/C12H13Br2NS2/c1-2-5-15-10(11-8(13)3-6-16-11)12-9(14)4-7-17-12/h3-4,6-7,10,15H,2,5H2,1H3. The van der Waals surface area contributed by atoms with Crippen molar-refractivity contribution in [3.05, 3.63) is 41.6 Å². The Kier molecular flexibility index (Phi) is 5.24. The van der Waals surface area contributed by atoms with Crippen molar-refractivity contribution in [3.63, 3.8) is 0 Å². The van der Waals surface area contributed by atoms with Crippen LogP contribution in [0.5, 0.6) is 0 Å². The van der Waals surface area contributed by atoms with Crippen LogP contribution in [0.15, 0.2) is 31.8 Å². The fraction of sp³-hybridized carbons (Fsp3) is 0.333. The second-order valence-corrected chi connectivity index (χ2v) is 7.26. The molecule has 0 fully saturated rings. The van der Waals surface area contributed by atoms with E-state index in [2.05, 4.69) is 67.0 Å². The first-order valence-electron chi connectivity index (χ1n) is 5.43. The van der Waals surface area contributed by atoms with E-state index in [9.17, 15) is 0 Å². The van der Waals surface area contributed by atoms with Gasteiger partial charge < -0.3 is 5.32 Å². The van der Waals surface area contributed by atoms with Crippen molar-refractivity contribution in [2.24, 2.45) is 0 Å². The van der Waals surface area contributed by atoms with Crippen LogP contribution in [0.1, 0.15) is 29.1 Å². The lowest BCUT2D eigenvalue weighted by atomic mass is 10.2. The molecule has 0 unspecified atom stereocenters. The Balaban J connectivity index is 2.32. The van der Waals surface area contributed by atoms with E-state index >= 15 is 0 Å². The maximum absolute atomic E-state index is 3.63. The molecule has 0 spiro atoms. The molecule has 0 aliphatic heterocycles. The summed E-state index contributed by atoms with van der Waals surface area (Å²) in [6, 6.07) is 4.52. The molecule has 0 aliphatic rings. The summed E-state index contributed by atoms with van der Waals surface area (Å²) in [5, 5.41) is 7.87. The lowest BCUT2D eigenvalue weighted by Crippen LogP contribution is -2.22. The molecule has 0 amide bonds. The molecule has 0 aliphatic carbocycles. The second-order valence-electron chi connectivity index (χ2n) is 3.65. The van der Waals surface area contributed by atoms with Crippen molar-refractivity contribution < 1.29 is 0 Å². The van der Waals surface area contributed by atoms with E-state index in [-0.39, 0.29) is 0 Å². The van der Waals surface area contributed by atoms with Gasteiger partial charge in [-0.25, -0.2) is 0 Å². The molecule has 1 N–H and O–H groups in total. The molecule has 0 saturated carbocycles. The minimum atomic E-state index is 0.290. The number of nitrogens with one attached hydrogen (secondary N) is 1. The third kappa shape index (κ3) is 3.20. The number of rotatable bonds is 5. The SMILES string of the molecule is CCCNC(c1sccc1Br)c1sccc1Br. The third-order valence-electron chi connectivity index (χ3n) is 2.41. The minimum absolute atomic E-state index is 0.290. The van der Waals surface area contributed by atoms with Crippen LogP contribution in [-0.4, -0.2) is 6.54 Å². The highest BCUT2D eigenvalue weighted by molar-refractivity contribution is 9.11. The van der Waals surface area contributed by atoms with Crippen LogP contribution < -0.4 is 5.32 Å². The first-order chi connectivity index (χ1) is 8.24. The maximum Gasteiger partial charge on any atom is 0.0787 e. The molecule has 0 atom stereocenters. The summed E-state index contributed by atoms with van der Waals surface area (Å²) in [5.74, 6) is 0. The van der Waals surface area contributed by atoms with Crippen molar-refractivity contribution >= 4 is 54.5 Å². The topological polar surface area (TPSA) is 12.0 Å². The molecule has 5 heteroatoms.